The highest BCUT2D eigenvalue weighted by Gasteiger charge is 2.23. The van der Waals surface area contributed by atoms with Crippen LogP contribution in [-0.2, 0) is 21.4 Å². The van der Waals surface area contributed by atoms with Crippen LogP contribution < -0.4 is 0 Å². The van der Waals surface area contributed by atoms with Crippen LogP contribution in [0.15, 0.2) is 23.1 Å². The second kappa shape index (κ2) is 7.00. The van der Waals surface area contributed by atoms with Gasteiger partial charge in [-0.3, -0.25) is 0 Å². The zero-order chi connectivity index (χ0) is 14.5. The van der Waals surface area contributed by atoms with Crippen LogP contribution in [0, 0.1) is 6.92 Å². The Hall–Kier alpha value is -0.950. The maximum absolute atomic E-state index is 12.4. The lowest BCUT2D eigenvalue weighted by Crippen LogP contribution is -2.29. The van der Waals surface area contributed by atoms with Gasteiger partial charge in [-0.2, -0.15) is 0 Å². The van der Waals surface area contributed by atoms with Crippen molar-refractivity contribution in [3.8, 4) is 0 Å². The molecule has 1 aromatic carbocycles. The van der Waals surface area contributed by atoms with Crippen molar-refractivity contribution < 1.29 is 18.3 Å². The van der Waals surface area contributed by atoms with Crippen LogP contribution in [0.25, 0.3) is 0 Å². The lowest BCUT2D eigenvalue weighted by molar-refractivity contribution is 0.189. The fourth-order valence-electron chi connectivity index (χ4n) is 1.83. The number of aliphatic hydroxyl groups excluding tert-OH is 1. The van der Waals surface area contributed by atoms with E-state index in [0.717, 1.165) is 0 Å². The van der Waals surface area contributed by atoms with E-state index in [4.69, 9.17) is 4.74 Å². The Kier molecular flexibility index (Phi) is 5.93. The molecule has 108 valence electrons. The normalized spacial score (nSPS) is 12.1. The summed E-state index contributed by atoms with van der Waals surface area (Å²) in [5.74, 6) is 0. The predicted molar refractivity (Wildman–Crippen MR) is 73.4 cm³/mol. The van der Waals surface area contributed by atoms with Gasteiger partial charge >= 0.3 is 0 Å². The van der Waals surface area contributed by atoms with Crippen LogP contribution in [0.2, 0.25) is 0 Å². The Morgan fingerprint density at radius 3 is 2.63 bits per heavy atom. The highest BCUT2D eigenvalue weighted by atomic mass is 32.2. The van der Waals surface area contributed by atoms with E-state index >= 15 is 0 Å². The molecule has 0 aliphatic rings. The first-order chi connectivity index (χ1) is 8.95. The molecule has 0 radical (unpaired) electrons. The third-order valence-electron chi connectivity index (χ3n) is 3.08. The molecule has 0 aliphatic heterocycles. The number of ether oxygens (including phenoxy) is 1. The van der Waals surface area contributed by atoms with Crippen LogP contribution in [-0.4, -0.2) is 45.1 Å². The molecule has 1 N–H and O–H groups in total. The molecule has 5 nitrogen and oxygen atoms in total. The Morgan fingerprint density at radius 1 is 1.37 bits per heavy atom. The third-order valence-corrected chi connectivity index (χ3v) is 5.08. The first-order valence-electron chi connectivity index (χ1n) is 6.09. The number of rotatable bonds is 7. The molecule has 0 atom stereocenters. The van der Waals surface area contributed by atoms with E-state index in [1.807, 2.05) is 0 Å². The average Bonchev–Trinajstić information content (AvgIpc) is 2.38. The van der Waals surface area contributed by atoms with Gasteiger partial charge in [-0.15, -0.1) is 0 Å². The molecule has 0 aliphatic carbocycles. The largest absolute Gasteiger partial charge is 0.392 e. The van der Waals surface area contributed by atoms with Gasteiger partial charge in [0.05, 0.1) is 11.5 Å². The first kappa shape index (κ1) is 16.1. The van der Waals surface area contributed by atoms with Gasteiger partial charge in [0.2, 0.25) is 10.0 Å². The summed E-state index contributed by atoms with van der Waals surface area (Å²) >= 11 is 0. The predicted octanol–water partition coefficient (Wildman–Crippen LogP) is 1.14. The van der Waals surface area contributed by atoms with Gasteiger partial charge in [-0.1, -0.05) is 12.1 Å². The van der Waals surface area contributed by atoms with E-state index < -0.39 is 10.0 Å². The molecule has 0 spiro atoms. The topological polar surface area (TPSA) is 66.8 Å². The molecule has 0 unspecified atom stereocenters. The number of nitrogens with zero attached hydrogens (tertiary/aromatic N) is 1. The standard InChI is InChI=1S/C13H21NO4S/c1-11-12(10-15)6-4-7-13(11)19(16,17)14(2)8-5-9-18-3/h4,6-7,15H,5,8-10H2,1-3H3. The Labute approximate surface area is 114 Å². The molecule has 0 amide bonds. The van der Waals surface area contributed by atoms with Crippen LogP contribution >= 0.6 is 0 Å². The highest BCUT2D eigenvalue weighted by molar-refractivity contribution is 7.89. The minimum atomic E-state index is -3.52. The van der Waals surface area contributed by atoms with Crippen molar-refractivity contribution in [2.45, 2.75) is 24.8 Å². The molecule has 19 heavy (non-hydrogen) atoms. The molecule has 1 rings (SSSR count). The van der Waals surface area contributed by atoms with Crippen LogP contribution in [0.5, 0.6) is 0 Å². The summed E-state index contributed by atoms with van der Waals surface area (Å²) in [5, 5.41) is 9.20. The molecule has 0 heterocycles. The summed E-state index contributed by atoms with van der Waals surface area (Å²) in [6.07, 6.45) is 0.644. The second-order valence-corrected chi connectivity index (χ2v) is 6.38. The van der Waals surface area contributed by atoms with Gasteiger partial charge in [0.15, 0.2) is 0 Å². The fourth-order valence-corrected chi connectivity index (χ4v) is 3.30. The average molecular weight is 287 g/mol. The van der Waals surface area contributed by atoms with E-state index in [9.17, 15) is 13.5 Å². The summed E-state index contributed by atoms with van der Waals surface area (Å²) in [6, 6.07) is 4.93. The van der Waals surface area contributed by atoms with Crippen molar-refractivity contribution in [2.75, 3.05) is 27.3 Å². The third kappa shape index (κ3) is 3.76. The zero-order valence-corrected chi connectivity index (χ0v) is 12.4. The number of hydrogen-bond donors (Lipinski definition) is 1. The van der Waals surface area contributed by atoms with Crippen molar-refractivity contribution >= 4 is 10.0 Å². The molecule has 1 aromatic rings. The van der Waals surface area contributed by atoms with E-state index in [1.165, 1.54) is 4.31 Å². The quantitative estimate of drug-likeness (QED) is 0.764. The molecular weight excluding hydrogens is 266 g/mol. The van der Waals surface area contributed by atoms with E-state index in [1.54, 1.807) is 39.3 Å². The molecule has 0 bridgehead atoms. The van der Waals surface area contributed by atoms with E-state index in [0.29, 0.717) is 30.7 Å². The van der Waals surface area contributed by atoms with Gasteiger partial charge in [0, 0.05) is 27.3 Å². The highest BCUT2D eigenvalue weighted by Crippen LogP contribution is 2.22. The molecule has 0 saturated carbocycles. The summed E-state index contributed by atoms with van der Waals surface area (Å²) in [5.41, 5.74) is 1.23. The number of hydrogen-bond acceptors (Lipinski definition) is 4. The van der Waals surface area contributed by atoms with Gasteiger partial charge in [-0.25, -0.2) is 12.7 Å². The molecular formula is C13H21NO4S. The van der Waals surface area contributed by atoms with Crippen molar-refractivity contribution in [3.05, 3.63) is 29.3 Å². The SMILES string of the molecule is COCCCN(C)S(=O)(=O)c1cccc(CO)c1C. The lowest BCUT2D eigenvalue weighted by Gasteiger charge is -2.19. The number of benzene rings is 1. The number of sulfonamides is 1. The van der Waals surface area contributed by atoms with Crippen LogP contribution in [0.4, 0.5) is 0 Å². The van der Waals surface area contributed by atoms with Crippen molar-refractivity contribution in [3.63, 3.8) is 0 Å². The maximum Gasteiger partial charge on any atom is 0.243 e. The number of methoxy groups -OCH3 is 1. The molecule has 6 heteroatoms. The smallest absolute Gasteiger partial charge is 0.243 e. The zero-order valence-electron chi connectivity index (χ0n) is 11.6. The monoisotopic (exact) mass is 287 g/mol. The Morgan fingerprint density at radius 2 is 2.05 bits per heavy atom. The minimum absolute atomic E-state index is 0.164. The molecule has 0 saturated heterocycles. The minimum Gasteiger partial charge on any atom is -0.392 e. The number of aliphatic hydroxyl groups is 1. The van der Waals surface area contributed by atoms with E-state index in [-0.39, 0.29) is 11.5 Å². The summed E-state index contributed by atoms with van der Waals surface area (Å²) in [4.78, 5) is 0.249. The Balaban J connectivity index is 3.00. The maximum atomic E-state index is 12.4. The summed E-state index contributed by atoms with van der Waals surface area (Å²) in [6.45, 7) is 2.47. The molecule has 0 fully saturated rings. The van der Waals surface area contributed by atoms with E-state index in [2.05, 4.69) is 0 Å². The Bertz CT molecular complexity index is 513. The first-order valence-corrected chi connectivity index (χ1v) is 7.53. The van der Waals surface area contributed by atoms with Crippen molar-refractivity contribution in [2.24, 2.45) is 0 Å². The van der Waals surface area contributed by atoms with Crippen LogP contribution in [0.1, 0.15) is 17.5 Å². The van der Waals surface area contributed by atoms with Crippen LogP contribution in [0.3, 0.4) is 0 Å². The van der Waals surface area contributed by atoms with Crippen molar-refractivity contribution in [1.82, 2.24) is 4.31 Å². The van der Waals surface area contributed by atoms with Gasteiger partial charge < -0.3 is 9.84 Å². The lowest BCUT2D eigenvalue weighted by atomic mass is 10.1. The summed E-state index contributed by atoms with van der Waals surface area (Å²) in [7, 11) is -0.378. The van der Waals surface area contributed by atoms with Crippen molar-refractivity contribution in [1.29, 1.82) is 0 Å². The van der Waals surface area contributed by atoms with Gasteiger partial charge in [-0.05, 0) is 30.5 Å². The molecule has 0 aromatic heterocycles. The fraction of sp³-hybridized carbons (Fsp3) is 0.538. The van der Waals surface area contributed by atoms with Gasteiger partial charge in [0.25, 0.3) is 0 Å². The summed E-state index contributed by atoms with van der Waals surface area (Å²) < 4.78 is 31.1. The van der Waals surface area contributed by atoms with Gasteiger partial charge in [0.1, 0.15) is 0 Å². The second-order valence-electron chi connectivity index (χ2n) is 4.37.